The molecule has 0 unspecified atom stereocenters. The molecule has 168 valence electrons. The van der Waals surface area contributed by atoms with E-state index in [0.717, 1.165) is 22.9 Å². The third-order valence-corrected chi connectivity index (χ3v) is 5.66. The van der Waals surface area contributed by atoms with Gasteiger partial charge in [-0.1, -0.05) is 11.3 Å². The quantitative estimate of drug-likeness (QED) is 0.349. The van der Waals surface area contributed by atoms with E-state index in [1.165, 1.54) is 16.2 Å². The van der Waals surface area contributed by atoms with Gasteiger partial charge in [0.15, 0.2) is 5.13 Å². The molecule has 1 heterocycles. The largest absolute Gasteiger partial charge is 0.497 e. The van der Waals surface area contributed by atoms with Crippen molar-refractivity contribution in [3.63, 3.8) is 0 Å². The second-order valence-electron chi connectivity index (χ2n) is 7.20. The van der Waals surface area contributed by atoms with Crippen molar-refractivity contribution < 1.29 is 19.4 Å². The fraction of sp³-hybridized carbons (Fsp3) is 0.300. The molecular formula is C20H21N5O6S. The van der Waals surface area contributed by atoms with E-state index in [1.807, 2.05) is 19.0 Å². The number of aromatic nitrogens is 1. The van der Waals surface area contributed by atoms with E-state index in [2.05, 4.69) is 4.98 Å². The van der Waals surface area contributed by atoms with Crippen LogP contribution in [0.3, 0.4) is 0 Å². The van der Waals surface area contributed by atoms with Crippen LogP contribution in [0, 0.1) is 20.2 Å². The number of fused-ring (bicyclic) bond motifs is 1. The van der Waals surface area contributed by atoms with Crippen molar-refractivity contribution in [2.45, 2.75) is 6.42 Å². The van der Waals surface area contributed by atoms with Crippen LogP contribution >= 0.6 is 11.3 Å². The summed E-state index contributed by atoms with van der Waals surface area (Å²) in [5.41, 5.74) is -0.525. The minimum Gasteiger partial charge on any atom is -0.497 e. The standard InChI is InChI=1S/C20H21N5O6S/c1-22(2)7-4-8-23(20-21-17-6-5-16(31-3)12-18(17)32-20)19(26)13-9-14(24(27)28)11-15(10-13)25(29)30/h5-6,9-12H,4,7-8H2,1-3H3. The van der Waals surface area contributed by atoms with Crippen LogP contribution in [0.1, 0.15) is 16.8 Å². The lowest BCUT2D eigenvalue weighted by atomic mass is 10.1. The first-order valence-corrected chi connectivity index (χ1v) is 10.4. The van der Waals surface area contributed by atoms with Crippen LogP contribution in [-0.4, -0.2) is 59.9 Å². The lowest BCUT2D eigenvalue weighted by molar-refractivity contribution is -0.394. The molecule has 11 nitrogen and oxygen atoms in total. The van der Waals surface area contributed by atoms with Gasteiger partial charge in [-0.25, -0.2) is 4.98 Å². The Morgan fingerprint density at radius 1 is 1.06 bits per heavy atom. The van der Waals surface area contributed by atoms with Gasteiger partial charge >= 0.3 is 0 Å². The van der Waals surface area contributed by atoms with Gasteiger partial charge in [-0.05, 0) is 45.3 Å². The second-order valence-corrected chi connectivity index (χ2v) is 8.21. The van der Waals surface area contributed by atoms with Crippen molar-refractivity contribution in [1.82, 2.24) is 9.88 Å². The molecule has 0 aliphatic heterocycles. The molecule has 32 heavy (non-hydrogen) atoms. The van der Waals surface area contributed by atoms with Gasteiger partial charge in [-0.15, -0.1) is 0 Å². The van der Waals surface area contributed by atoms with Gasteiger partial charge in [0.25, 0.3) is 17.3 Å². The average molecular weight is 459 g/mol. The molecule has 0 fully saturated rings. The van der Waals surface area contributed by atoms with E-state index in [0.29, 0.717) is 29.4 Å². The minimum absolute atomic E-state index is 0.146. The predicted molar refractivity (Wildman–Crippen MR) is 121 cm³/mol. The van der Waals surface area contributed by atoms with E-state index in [-0.39, 0.29) is 12.1 Å². The highest BCUT2D eigenvalue weighted by Crippen LogP contribution is 2.33. The number of thiazole rings is 1. The van der Waals surface area contributed by atoms with E-state index in [4.69, 9.17) is 4.74 Å². The number of nitro benzene ring substituents is 2. The fourth-order valence-corrected chi connectivity index (χ4v) is 4.07. The number of ether oxygens (including phenoxy) is 1. The number of rotatable bonds is 9. The minimum atomic E-state index is -0.760. The number of nitrogens with zero attached hydrogens (tertiary/aromatic N) is 5. The number of non-ortho nitro benzene ring substituents is 2. The molecule has 0 spiro atoms. The number of benzene rings is 2. The Morgan fingerprint density at radius 2 is 1.72 bits per heavy atom. The van der Waals surface area contributed by atoms with Crippen LogP contribution in [0.15, 0.2) is 36.4 Å². The SMILES string of the molecule is COc1ccc2nc(N(CCCN(C)C)C(=O)c3cc([N+](=O)[O-])cc([N+](=O)[O-])c3)sc2c1. The molecule has 1 amide bonds. The van der Waals surface area contributed by atoms with Gasteiger partial charge in [0.2, 0.25) is 0 Å². The van der Waals surface area contributed by atoms with Crippen LogP contribution in [0.5, 0.6) is 5.75 Å². The lowest BCUT2D eigenvalue weighted by Gasteiger charge is -2.21. The van der Waals surface area contributed by atoms with Crippen molar-refractivity contribution in [2.24, 2.45) is 0 Å². The van der Waals surface area contributed by atoms with Gasteiger partial charge in [0.1, 0.15) is 5.75 Å². The summed E-state index contributed by atoms with van der Waals surface area (Å²) in [6.45, 7) is 0.974. The summed E-state index contributed by atoms with van der Waals surface area (Å²) in [6, 6.07) is 8.26. The Labute approximate surface area is 187 Å². The zero-order valence-electron chi connectivity index (χ0n) is 17.7. The number of nitro groups is 2. The molecule has 0 radical (unpaired) electrons. The van der Waals surface area contributed by atoms with Crippen molar-refractivity contribution in [3.8, 4) is 5.75 Å². The topological polar surface area (TPSA) is 132 Å². The Hall–Kier alpha value is -3.64. The van der Waals surface area contributed by atoms with Gasteiger partial charge in [0.05, 0.1) is 38.8 Å². The molecule has 0 saturated heterocycles. The third-order valence-electron chi connectivity index (χ3n) is 4.62. The predicted octanol–water partition coefficient (Wildman–Crippen LogP) is 3.72. The van der Waals surface area contributed by atoms with E-state index >= 15 is 0 Å². The number of hydrogen-bond acceptors (Lipinski definition) is 9. The highest BCUT2D eigenvalue weighted by atomic mass is 32.1. The molecule has 0 aliphatic rings. The average Bonchev–Trinajstić information content (AvgIpc) is 3.18. The molecular weight excluding hydrogens is 438 g/mol. The maximum absolute atomic E-state index is 13.4. The first kappa shape index (κ1) is 23.0. The molecule has 12 heteroatoms. The maximum Gasteiger partial charge on any atom is 0.277 e. The fourth-order valence-electron chi connectivity index (χ4n) is 3.05. The van der Waals surface area contributed by atoms with Crippen LogP contribution in [-0.2, 0) is 0 Å². The molecule has 0 aliphatic carbocycles. The first-order chi connectivity index (χ1) is 15.2. The zero-order valence-corrected chi connectivity index (χ0v) is 18.5. The summed E-state index contributed by atoms with van der Waals surface area (Å²) >= 11 is 1.27. The normalized spacial score (nSPS) is 11.0. The highest BCUT2D eigenvalue weighted by Gasteiger charge is 2.26. The van der Waals surface area contributed by atoms with Crippen LogP contribution in [0.2, 0.25) is 0 Å². The monoisotopic (exact) mass is 459 g/mol. The Kier molecular flexibility index (Phi) is 6.95. The molecule has 0 atom stereocenters. The maximum atomic E-state index is 13.4. The van der Waals surface area contributed by atoms with E-state index in [1.54, 1.807) is 25.3 Å². The molecule has 3 rings (SSSR count). The van der Waals surface area contributed by atoms with Gasteiger partial charge in [-0.3, -0.25) is 29.9 Å². The molecule has 0 bridgehead atoms. The van der Waals surface area contributed by atoms with E-state index in [9.17, 15) is 25.0 Å². The summed E-state index contributed by atoms with van der Waals surface area (Å²) < 4.78 is 6.04. The second kappa shape index (κ2) is 9.66. The first-order valence-electron chi connectivity index (χ1n) is 9.54. The molecule has 2 aromatic carbocycles. The number of methoxy groups -OCH3 is 1. The van der Waals surface area contributed by atoms with Gasteiger partial charge in [-0.2, -0.15) is 0 Å². The smallest absolute Gasteiger partial charge is 0.277 e. The van der Waals surface area contributed by atoms with Crippen LogP contribution in [0.25, 0.3) is 10.2 Å². The summed E-state index contributed by atoms with van der Waals surface area (Å²) in [5, 5.41) is 22.9. The molecule has 0 N–H and O–H groups in total. The van der Waals surface area contributed by atoms with E-state index < -0.39 is 27.1 Å². The Bertz CT molecular complexity index is 1150. The zero-order chi connectivity index (χ0) is 23.4. The molecule has 0 saturated carbocycles. The molecule has 1 aromatic heterocycles. The summed E-state index contributed by atoms with van der Waals surface area (Å²) in [4.78, 5) is 42.3. The van der Waals surface area contributed by atoms with Gasteiger partial charge < -0.3 is 9.64 Å². The van der Waals surface area contributed by atoms with Crippen molar-refractivity contribution >= 4 is 44.0 Å². The lowest BCUT2D eigenvalue weighted by Crippen LogP contribution is -2.33. The van der Waals surface area contributed by atoms with Gasteiger partial charge in [0, 0.05) is 18.7 Å². The third kappa shape index (κ3) is 5.15. The van der Waals surface area contributed by atoms with Crippen molar-refractivity contribution in [3.05, 3.63) is 62.2 Å². The molecule has 3 aromatic rings. The summed E-state index contributed by atoms with van der Waals surface area (Å²) in [6.07, 6.45) is 0.606. The van der Waals surface area contributed by atoms with Crippen LogP contribution < -0.4 is 9.64 Å². The summed E-state index contributed by atoms with van der Waals surface area (Å²) in [5.74, 6) is 0.0501. The number of amides is 1. The Morgan fingerprint density at radius 3 is 2.28 bits per heavy atom. The van der Waals surface area contributed by atoms with Crippen molar-refractivity contribution in [1.29, 1.82) is 0 Å². The number of anilines is 1. The number of carbonyl (C=O) groups excluding carboxylic acids is 1. The van der Waals surface area contributed by atoms with Crippen LogP contribution in [0.4, 0.5) is 16.5 Å². The highest BCUT2D eigenvalue weighted by molar-refractivity contribution is 7.22. The number of carbonyl (C=O) groups is 1. The summed E-state index contributed by atoms with van der Waals surface area (Å²) in [7, 11) is 5.36. The Balaban J connectivity index is 2.04. The number of hydrogen-bond donors (Lipinski definition) is 0. The van der Waals surface area contributed by atoms with Crippen molar-refractivity contribution in [2.75, 3.05) is 39.2 Å².